The molecule has 0 spiro atoms. The molecule has 3 rings (SSSR count). The molecule has 0 amide bonds. The number of carbonyl (C=O) groups is 1. The molecule has 19 heavy (non-hydrogen) atoms. The topological polar surface area (TPSA) is 49.3 Å². The van der Waals surface area contributed by atoms with Crippen molar-refractivity contribution in [1.82, 2.24) is 5.32 Å². The Bertz CT molecular complexity index is 485. The van der Waals surface area contributed by atoms with E-state index in [-0.39, 0.29) is 12.0 Å². The van der Waals surface area contributed by atoms with Crippen LogP contribution in [-0.4, -0.2) is 17.1 Å². The average molecular weight is 259 g/mol. The van der Waals surface area contributed by atoms with Gasteiger partial charge in [-0.3, -0.25) is 4.79 Å². The van der Waals surface area contributed by atoms with Crippen LogP contribution in [0.3, 0.4) is 0 Å². The molecule has 2 N–H and O–H groups in total. The standard InChI is InChI=1S/C16H21NO2/c1-10-3-2-4-11(7-10)9-17-15-13-6-5-12(8-13)14(15)16(18)19/h2-4,7,12-15,17H,5-6,8-9H2,1H3,(H,18,19). The third-order valence-electron chi connectivity index (χ3n) is 4.83. The summed E-state index contributed by atoms with van der Waals surface area (Å²) >= 11 is 0. The van der Waals surface area contributed by atoms with E-state index in [1.807, 2.05) is 0 Å². The molecule has 3 heteroatoms. The summed E-state index contributed by atoms with van der Waals surface area (Å²) in [6.45, 7) is 2.86. The fourth-order valence-electron chi connectivity index (χ4n) is 4.00. The van der Waals surface area contributed by atoms with Crippen LogP contribution in [0.2, 0.25) is 0 Å². The number of hydrogen-bond donors (Lipinski definition) is 2. The van der Waals surface area contributed by atoms with Crippen LogP contribution in [0.4, 0.5) is 0 Å². The molecule has 2 fully saturated rings. The second-order valence-electron chi connectivity index (χ2n) is 6.09. The minimum Gasteiger partial charge on any atom is -0.481 e. The SMILES string of the molecule is Cc1cccc(CNC2C3CCC(C3)C2C(=O)O)c1. The lowest BCUT2D eigenvalue weighted by Gasteiger charge is -2.29. The van der Waals surface area contributed by atoms with Crippen molar-refractivity contribution in [1.29, 1.82) is 0 Å². The van der Waals surface area contributed by atoms with Gasteiger partial charge in [0.2, 0.25) is 0 Å². The van der Waals surface area contributed by atoms with Gasteiger partial charge < -0.3 is 10.4 Å². The van der Waals surface area contributed by atoms with Gasteiger partial charge in [0.15, 0.2) is 0 Å². The fourth-order valence-corrected chi connectivity index (χ4v) is 4.00. The van der Waals surface area contributed by atoms with Gasteiger partial charge >= 0.3 is 5.97 Å². The number of rotatable bonds is 4. The first-order valence-electron chi connectivity index (χ1n) is 7.17. The third kappa shape index (κ3) is 2.39. The molecule has 0 radical (unpaired) electrons. The zero-order chi connectivity index (χ0) is 13.4. The van der Waals surface area contributed by atoms with Crippen LogP contribution >= 0.6 is 0 Å². The molecule has 0 saturated heterocycles. The van der Waals surface area contributed by atoms with Crippen molar-refractivity contribution in [2.24, 2.45) is 17.8 Å². The monoisotopic (exact) mass is 259 g/mol. The van der Waals surface area contributed by atoms with E-state index in [1.54, 1.807) is 0 Å². The molecule has 2 aliphatic carbocycles. The zero-order valence-electron chi connectivity index (χ0n) is 11.3. The van der Waals surface area contributed by atoms with Crippen LogP contribution in [0.1, 0.15) is 30.4 Å². The van der Waals surface area contributed by atoms with Gasteiger partial charge in [-0.05, 0) is 43.6 Å². The maximum absolute atomic E-state index is 11.4. The minimum absolute atomic E-state index is 0.164. The summed E-state index contributed by atoms with van der Waals surface area (Å²) in [5, 5.41) is 12.9. The van der Waals surface area contributed by atoms with Crippen LogP contribution in [0.15, 0.2) is 24.3 Å². The van der Waals surface area contributed by atoms with E-state index in [4.69, 9.17) is 0 Å². The first-order chi connectivity index (χ1) is 9.15. The number of benzene rings is 1. The van der Waals surface area contributed by atoms with Crippen molar-refractivity contribution in [3.05, 3.63) is 35.4 Å². The van der Waals surface area contributed by atoms with Gasteiger partial charge in [0, 0.05) is 12.6 Å². The van der Waals surface area contributed by atoms with Crippen molar-refractivity contribution in [2.45, 2.75) is 38.8 Å². The highest BCUT2D eigenvalue weighted by atomic mass is 16.4. The van der Waals surface area contributed by atoms with E-state index in [0.717, 1.165) is 19.4 Å². The first-order valence-corrected chi connectivity index (χ1v) is 7.17. The molecule has 0 aliphatic heterocycles. The largest absolute Gasteiger partial charge is 0.481 e. The molecule has 2 saturated carbocycles. The van der Waals surface area contributed by atoms with E-state index in [2.05, 4.69) is 36.5 Å². The molecule has 4 atom stereocenters. The molecule has 1 aromatic rings. The predicted molar refractivity (Wildman–Crippen MR) is 73.8 cm³/mol. The second kappa shape index (κ2) is 4.97. The highest BCUT2D eigenvalue weighted by Gasteiger charge is 2.50. The van der Waals surface area contributed by atoms with E-state index in [9.17, 15) is 9.90 Å². The molecule has 102 valence electrons. The average Bonchev–Trinajstić information content (AvgIpc) is 2.96. The van der Waals surface area contributed by atoms with Gasteiger partial charge in [0.1, 0.15) is 0 Å². The summed E-state index contributed by atoms with van der Waals surface area (Å²) in [6, 6.07) is 8.57. The lowest BCUT2D eigenvalue weighted by atomic mass is 9.84. The van der Waals surface area contributed by atoms with Crippen LogP contribution < -0.4 is 5.32 Å². The Morgan fingerprint density at radius 1 is 1.37 bits per heavy atom. The lowest BCUT2D eigenvalue weighted by molar-refractivity contribution is -0.144. The molecule has 0 heterocycles. The van der Waals surface area contributed by atoms with E-state index >= 15 is 0 Å². The third-order valence-corrected chi connectivity index (χ3v) is 4.83. The first kappa shape index (κ1) is 12.7. The van der Waals surface area contributed by atoms with Gasteiger partial charge in [-0.25, -0.2) is 0 Å². The minimum atomic E-state index is -0.617. The summed E-state index contributed by atoms with van der Waals surface area (Å²) in [7, 11) is 0. The number of carboxylic acid groups (broad SMARTS) is 1. The summed E-state index contributed by atoms with van der Waals surface area (Å²) in [5.41, 5.74) is 2.49. The van der Waals surface area contributed by atoms with Crippen molar-refractivity contribution in [3.8, 4) is 0 Å². The highest BCUT2D eigenvalue weighted by Crippen LogP contribution is 2.48. The summed E-state index contributed by atoms with van der Waals surface area (Å²) in [5.74, 6) is 0.172. The number of fused-ring (bicyclic) bond motifs is 2. The quantitative estimate of drug-likeness (QED) is 0.873. The number of carboxylic acids is 1. The van der Waals surface area contributed by atoms with Crippen molar-refractivity contribution in [3.63, 3.8) is 0 Å². The van der Waals surface area contributed by atoms with Crippen LogP contribution in [0, 0.1) is 24.7 Å². The smallest absolute Gasteiger partial charge is 0.308 e. The molecule has 3 nitrogen and oxygen atoms in total. The maximum Gasteiger partial charge on any atom is 0.308 e. The summed E-state index contributed by atoms with van der Waals surface area (Å²) < 4.78 is 0. The van der Waals surface area contributed by atoms with Gasteiger partial charge in [0.05, 0.1) is 5.92 Å². The van der Waals surface area contributed by atoms with E-state index < -0.39 is 5.97 Å². The van der Waals surface area contributed by atoms with Gasteiger partial charge in [-0.1, -0.05) is 29.8 Å². The molecule has 2 aliphatic rings. The Morgan fingerprint density at radius 2 is 2.16 bits per heavy atom. The Kier molecular flexibility index (Phi) is 3.31. The highest BCUT2D eigenvalue weighted by molar-refractivity contribution is 5.72. The molecule has 1 aromatic carbocycles. The molecule has 4 unspecified atom stereocenters. The maximum atomic E-state index is 11.4. The zero-order valence-corrected chi connectivity index (χ0v) is 11.3. The number of nitrogens with one attached hydrogen (secondary N) is 1. The van der Waals surface area contributed by atoms with Crippen LogP contribution in [0.5, 0.6) is 0 Å². The molecular weight excluding hydrogens is 238 g/mol. The molecular formula is C16H21NO2. The van der Waals surface area contributed by atoms with Crippen molar-refractivity contribution >= 4 is 5.97 Å². The predicted octanol–water partition coefficient (Wildman–Crippen LogP) is 2.58. The van der Waals surface area contributed by atoms with Crippen LogP contribution in [0.25, 0.3) is 0 Å². The normalized spacial score (nSPS) is 32.7. The Balaban J connectivity index is 1.67. The Labute approximate surface area is 114 Å². The fraction of sp³-hybridized carbons (Fsp3) is 0.562. The van der Waals surface area contributed by atoms with Crippen molar-refractivity contribution < 1.29 is 9.90 Å². The summed E-state index contributed by atoms with van der Waals surface area (Å²) in [6.07, 6.45) is 3.40. The second-order valence-corrected chi connectivity index (χ2v) is 6.09. The van der Waals surface area contributed by atoms with E-state index in [0.29, 0.717) is 11.8 Å². The van der Waals surface area contributed by atoms with Crippen LogP contribution in [-0.2, 0) is 11.3 Å². The van der Waals surface area contributed by atoms with Gasteiger partial charge in [-0.15, -0.1) is 0 Å². The Morgan fingerprint density at radius 3 is 2.89 bits per heavy atom. The molecule has 2 bridgehead atoms. The lowest BCUT2D eigenvalue weighted by Crippen LogP contribution is -2.43. The Hall–Kier alpha value is -1.35. The number of aliphatic carboxylic acids is 1. The summed E-state index contributed by atoms with van der Waals surface area (Å²) in [4.78, 5) is 11.4. The molecule has 0 aromatic heterocycles. The van der Waals surface area contributed by atoms with E-state index in [1.165, 1.54) is 17.5 Å². The number of aryl methyl sites for hydroxylation is 1. The van der Waals surface area contributed by atoms with Gasteiger partial charge in [0.25, 0.3) is 0 Å². The number of hydrogen-bond acceptors (Lipinski definition) is 2. The van der Waals surface area contributed by atoms with Crippen molar-refractivity contribution in [2.75, 3.05) is 0 Å². The van der Waals surface area contributed by atoms with Gasteiger partial charge in [-0.2, -0.15) is 0 Å².